The number of urea groups is 1. The first-order valence-corrected chi connectivity index (χ1v) is 6.85. The molecule has 1 rings (SSSR count). The summed E-state index contributed by atoms with van der Waals surface area (Å²) in [5.74, 6) is 0.462. The van der Waals surface area contributed by atoms with Crippen LogP contribution in [0.3, 0.4) is 0 Å². The van der Waals surface area contributed by atoms with E-state index in [4.69, 9.17) is 0 Å². The van der Waals surface area contributed by atoms with Gasteiger partial charge < -0.3 is 16.0 Å². The molecule has 0 aliphatic carbocycles. The van der Waals surface area contributed by atoms with E-state index in [9.17, 15) is 9.59 Å². The molecule has 0 aromatic heterocycles. The summed E-state index contributed by atoms with van der Waals surface area (Å²) < 4.78 is 0. The molecule has 0 aliphatic rings. The standard InChI is InChI=1S/C15H23N3O2/c1-11(2)8-9-17-15(20)18-10-12-4-6-13(7-5-12)14(19)16-3/h4-7,11H,8-10H2,1-3H3,(H,16,19)(H2,17,18,20). The number of amides is 3. The second-order valence-electron chi connectivity index (χ2n) is 5.07. The summed E-state index contributed by atoms with van der Waals surface area (Å²) in [5, 5.41) is 8.16. The Bertz CT molecular complexity index is 441. The topological polar surface area (TPSA) is 70.2 Å². The predicted octanol–water partition coefficient (Wildman–Crippen LogP) is 1.89. The summed E-state index contributed by atoms with van der Waals surface area (Å²) in [4.78, 5) is 22.9. The maximum atomic E-state index is 11.5. The van der Waals surface area contributed by atoms with Gasteiger partial charge in [0.1, 0.15) is 0 Å². The van der Waals surface area contributed by atoms with Crippen LogP contribution >= 0.6 is 0 Å². The lowest BCUT2D eigenvalue weighted by Crippen LogP contribution is -2.35. The van der Waals surface area contributed by atoms with Gasteiger partial charge in [-0.3, -0.25) is 4.79 Å². The van der Waals surface area contributed by atoms with Gasteiger partial charge in [-0.25, -0.2) is 4.79 Å². The zero-order valence-corrected chi connectivity index (χ0v) is 12.3. The Morgan fingerprint density at radius 3 is 2.30 bits per heavy atom. The van der Waals surface area contributed by atoms with Gasteiger partial charge >= 0.3 is 6.03 Å². The minimum atomic E-state index is -0.166. The lowest BCUT2D eigenvalue weighted by atomic mass is 10.1. The second kappa shape index (κ2) is 8.19. The van der Waals surface area contributed by atoms with Gasteiger partial charge in [0.25, 0.3) is 5.91 Å². The highest BCUT2D eigenvalue weighted by molar-refractivity contribution is 5.93. The SMILES string of the molecule is CNC(=O)c1ccc(CNC(=O)NCCC(C)C)cc1. The van der Waals surface area contributed by atoms with Gasteiger partial charge in [-0.15, -0.1) is 0 Å². The van der Waals surface area contributed by atoms with Crippen molar-refractivity contribution in [2.24, 2.45) is 5.92 Å². The zero-order valence-electron chi connectivity index (χ0n) is 12.3. The molecule has 1 aromatic carbocycles. The fourth-order valence-corrected chi connectivity index (χ4v) is 1.64. The van der Waals surface area contributed by atoms with Crippen LogP contribution in [0.1, 0.15) is 36.2 Å². The largest absolute Gasteiger partial charge is 0.355 e. The van der Waals surface area contributed by atoms with Crippen LogP contribution in [0.4, 0.5) is 4.79 Å². The number of carbonyl (C=O) groups is 2. The number of hydrogen-bond acceptors (Lipinski definition) is 2. The summed E-state index contributed by atoms with van der Waals surface area (Å²) in [7, 11) is 1.60. The molecule has 20 heavy (non-hydrogen) atoms. The van der Waals surface area contributed by atoms with Crippen molar-refractivity contribution in [1.82, 2.24) is 16.0 Å². The highest BCUT2D eigenvalue weighted by atomic mass is 16.2. The van der Waals surface area contributed by atoms with Crippen LogP contribution in [0.25, 0.3) is 0 Å². The predicted molar refractivity (Wildman–Crippen MR) is 79.5 cm³/mol. The molecule has 0 saturated carbocycles. The van der Waals surface area contributed by atoms with Crippen molar-refractivity contribution in [3.05, 3.63) is 35.4 Å². The zero-order chi connectivity index (χ0) is 15.0. The number of nitrogens with one attached hydrogen (secondary N) is 3. The van der Waals surface area contributed by atoms with Crippen LogP contribution in [-0.4, -0.2) is 25.5 Å². The van der Waals surface area contributed by atoms with Crippen LogP contribution < -0.4 is 16.0 Å². The van der Waals surface area contributed by atoms with Gasteiger partial charge in [-0.05, 0) is 30.0 Å². The number of benzene rings is 1. The van der Waals surface area contributed by atoms with Gasteiger partial charge in [-0.1, -0.05) is 26.0 Å². The summed E-state index contributed by atoms with van der Waals surface area (Å²) in [6.45, 7) is 5.36. The molecule has 3 N–H and O–H groups in total. The molecular formula is C15H23N3O2. The summed E-state index contributed by atoms with van der Waals surface area (Å²) in [6, 6.07) is 6.98. The normalized spacial score (nSPS) is 10.2. The molecule has 110 valence electrons. The first kappa shape index (κ1) is 16.0. The van der Waals surface area contributed by atoms with E-state index < -0.39 is 0 Å². The van der Waals surface area contributed by atoms with Crippen molar-refractivity contribution in [3.63, 3.8) is 0 Å². The van der Waals surface area contributed by atoms with Crippen LogP contribution in [0, 0.1) is 5.92 Å². The molecule has 5 heteroatoms. The van der Waals surface area contributed by atoms with E-state index in [2.05, 4.69) is 29.8 Å². The number of rotatable bonds is 6. The molecule has 0 heterocycles. The van der Waals surface area contributed by atoms with Crippen molar-refractivity contribution in [2.45, 2.75) is 26.8 Å². The molecule has 0 spiro atoms. The fraction of sp³-hybridized carbons (Fsp3) is 0.467. The first-order valence-electron chi connectivity index (χ1n) is 6.85. The highest BCUT2D eigenvalue weighted by Gasteiger charge is 2.04. The Kier molecular flexibility index (Phi) is 6.56. The summed E-state index contributed by atoms with van der Waals surface area (Å²) in [6.07, 6.45) is 0.967. The molecule has 0 aliphatic heterocycles. The molecule has 1 aromatic rings. The maximum absolute atomic E-state index is 11.5. The Balaban J connectivity index is 2.34. The fourth-order valence-electron chi connectivity index (χ4n) is 1.64. The van der Waals surface area contributed by atoms with Crippen LogP contribution in [-0.2, 0) is 6.54 Å². The molecular weight excluding hydrogens is 254 g/mol. The van der Waals surface area contributed by atoms with E-state index in [1.165, 1.54) is 0 Å². The first-order chi connectivity index (χ1) is 9.52. The molecule has 0 atom stereocenters. The minimum Gasteiger partial charge on any atom is -0.355 e. The summed E-state index contributed by atoms with van der Waals surface area (Å²) in [5.41, 5.74) is 1.56. The third kappa shape index (κ3) is 5.73. The molecule has 5 nitrogen and oxygen atoms in total. The third-order valence-electron chi connectivity index (χ3n) is 2.90. The van der Waals surface area contributed by atoms with Crippen LogP contribution in [0.2, 0.25) is 0 Å². The average Bonchev–Trinajstić information content (AvgIpc) is 2.44. The van der Waals surface area contributed by atoms with Crippen molar-refractivity contribution >= 4 is 11.9 Å². The molecule has 3 amide bonds. The summed E-state index contributed by atoms with van der Waals surface area (Å²) >= 11 is 0. The van der Waals surface area contributed by atoms with E-state index in [0.717, 1.165) is 12.0 Å². The van der Waals surface area contributed by atoms with Crippen molar-refractivity contribution in [2.75, 3.05) is 13.6 Å². The molecule has 0 unspecified atom stereocenters. The van der Waals surface area contributed by atoms with Crippen molar-refractivity contribution in [1.29, 1.82) is 0 Å². The Labute approximate surface area is 120 Å². The van der Waals surface area contributed by atoms with Gasteiger partial charge in [0.15, 0.2) is 0 Å². The Morgan fingerprint density at radius 2 is 1.75 bits per heavy atom. The highest BCUT2D eigenvalue weighted by Crippen LogP contribution is 2.04. The minimum absolute atomic E-state index is 0.115. The Morgan fingerprint density at radius 1 is 1.10 bits per heavy atom. The number of carbonyl (C=O) groups excluding carboxylic acids is 2. The van der Waals surface area contributed by atoms with Gasteiger partial charge in [0.2, 0.25) is 0 Å². The van der Waals surface area contributed by atoms with E-state index in [0.29, 0.717) is 24.6 Å². The van der Waals surface area contributed by atoms with E-state index in [-0.39, 0.29) is 11.9 Å². The molecule has 0 fully saturated rings. The van der Waals surface area contributed by atoms with Gasteiger partial charge in [-0.2, -0.15) is 0 Å². The van der Waals surface area contributed by atoms with Crippen LogP contribution in [0.5, 0.6) is 0 Å². The van der Waals surface area contributed by atoms with Gasteiger partial charge in [0, 0.05) is 25.7 Å². The molecule has 0 radical (unpaired) electrons. The smallest absolute Gasteiger partial charge is 0.315 e. The van der Waals surface area contributed by atoms with Crippen molar-refractivity contribution in [3.8, 4) is 0 Å². The van der Waals surface area contributed by atoms with E-state index >= 15 is 0 Å². The van der Waals surface area contributed by atoms with Gasteiger partial charge in [0.05, 0.1) is 0 Å². The average molecular weight is 277 g/mol. The Hall–Kier alpha value is -2.04. The molecule has 0 saturated heterocycles. The monoisotopic (exact) mass is 277 g/mol. The van der Waals surface area contributed by atoms with E-state index in [1.54, 1.807) is 19.2 Å². The molecule has 0 bridgehead atoms. The van der Waals surface area contributed by atoms with E-state index in [1.807, 2.05) is 12.1 Å². The third-order valence-corrected chi connectivity index (χ3v) is 2.90. The van der Waals surface area contributed by atoms with Crippen LogP contribution in [0.15, 0.2) is 24.3 Å². The lowest BCUT2D eigenvalue weighted by molar-refractivity contribution is 0.0963. The second-order valence-corrected chi connectivity index (χ2v) is 5.07. The number of hydrogen-bond donors (Lipinski definition) is 3. The quantitative estimate of drug-likeness (QED) is 0.743. The lowest BCUT2D eigenvalue weighted by Gasteiger charge is -2.09. The maximum Gasteiger partial charge on any atom is 0.315 e. The van der Waals surface area contributed by atoms with Crippen molar-refractivity contribution < 1.29 is 9.59 Å².